The van der Waals surface area contributed by atoms with Gasteiger partial charge in [-0.2, -0.15) is 0 Å². The molecular formula is C57H104O9. The summed E-state index contributed by atoms with van der Waals surface area (Å²) in [6, 6.07) is 0. The number of allylic oxidation sites excluding steroid dienone is 6. The first-order chi connectivity index (χ1) is 32.0. The first-order valence-electron chi connectivity index (χ1n) is 27.8. The molecule has 0 saturated heterocycles. The third kappa shape index (κ3) is 42.8. The molecule has 0 aliphatic carbocycles. The molecule has 0 spiro atoms. The summed E-state index contributed by atoms with van der Waals surface area (Å²) in [6.07, 6.45) is 55.4. The first kappa shape index (κ1) is 63.5. The number of unbranched alkanes of at least 4 members (excludes halogenated alkanes) is 32. The van der Waals surface area contributed by atoms with Gasteiger partial charge >= 0.3 is 23.9 Å². The highest BCUT2D eigenvalue weighted by molar-refractivity contribution is 5.75. The van der Waals surface area contributed by atoms with Crippen LogP contribution in [0.15, 0.2) is 36.5 Å². The standard InChI is InChI=1S/C57H104O9/c1-5-8-11-14-17-20-23-26-29-32-35-38-41-44-47-50-53(58)64-56(4,65-54(59)51-48-45-42-39-36-33-30-27-24-21-18-15-12-9-6-2)66-55(60)52(57(61,62)63)49-46-43-40-37-34-31-28-25-22-19-16-13-10-7-3/h26-31,52,61-63H,5-25,32-51H2,1-4H3/b29-26-,30-27-,31-28-. The van der Waals surface area contributed by atoms with Crippen LogP contribution in [0.1, 0.15) is 291 Å². The van der Waals surface area contributed by atoms with Gasteiger partial charge in [0.25, 0.3) is 5.97 Å². The molecule has 0 heterocycles. The molecule has 1 atom stereocenters. The largest absolute Gasteiger partial charge is 0.420 e. The van der Waals surface area contributed by atoms with E-state index in [-0.39, 0.29) is 19.3 Å². The highest BCUT2D eigenvalue weighted by Gasteiger charge is 2.45. The monoisotopic (exact) mass is 933 g/mol. The average Bonchev–Trinajstić information content (AvgIpc) is 3.27. The fourth-order valence-electron chi connectivity index (χ4n) is 8.22. The number of hydrogen-bond acceptors (Lipinski definition) is 9. The van der Waals surface area contributed by atoms with E-state index in [2.05, 4.69) is 57.2 Å². The van der Waals surface area contributed by atoms with Gasteiger partial charge in [-0.05, 0) is 96.3 Å². The SMILES string of the molecule is CCCCCCCC/C=C\CCCCCCCC(=O)OC(C)(OC(=O)CCCCCCC/C=C\CCCCCCCC)OC(=O)C(CCCCCC/C=C\CCCCCCCC)C(O)(O)O. The van der Waals surface area contributed by atoms with Crippen molar-refractivity contribution in [2.45, 2.75) is 303 Å². The highest BCUT2D eigenvalue weighted by atomic mass is 16.9. The van der Waals surface area contributed by atoms with Crippen LogP contribution in [0.3, 0.4) is 0 Å². The number of aliphatic hydroxyl groups is 3. The van der Waals surface area contributed by atoms with E-state index in [0.717, 1.165) is 103 Å². The van der Waals surface area contributed by atoms with E-state index in [0.29, 0.717) is 25.7 Å². The topological polar surface area (TPSA) is 140 Å². The van der Waals surface area contributed by atoms with Crippen molar-refractivity contribution in [3.8, 4) is 0 Å². The number of rotatable bonds is 49. The minimum absolute atomic E-state index is 0.0404. The summed E-state index contributed by atoms with van der Waals surface area (Å²) in [5, 5.41) is 30.6. The summed E-state index contributed by atoms with van der Waals surface area (Å²) in [6.45, 7) is 7.89. The molecule has 1 unspecified atom stereocenters. The van der Waals surface area contributed by atoms with Crippen molar-refractivity contribution in [1.82, 2.24) is 0 Å². The molecule has 386 valence electrons. The van der Waals surface area contributed by atoms with Crippen LogP contribution in [0, 0.1) is 5.92 Å². The Balaban J connectivity index is 4.99. The zero-order valence-corrected chi connectivity index (χ0v) is 43.3. The molecule has 9 heteroatoms. The summed E-state index contributed by atoms with van der Waals surface area (Å²) < 4.78 is 16.5. The Hall–Kier alpha value is -2.49. The molecule has 3 N–H and O–H groups in total. The maximum Gasteiger partial charge on any atom is 0.420 e. The van der Waals surface area contributed by atoms with Crippen molar-refractivity contribution in [2.75, 3.05) is 0 Å². The van der Waals surface area contributed by atoms with E-state index in [1.165, 1.54) is 122 Å². The van der Waals surface area contributed by atoms with Crippen LogP contribution in [0.2, 0.25) is 0 Å². The van der Waals surface area contributed by atoms with Crippen LogP contribution in [-0.4, -0.2) is 45.2 Å². The number of carbonyl (C=O) groups is 3. The summed E-state index contributed by atoms with van der Waals surface area (Å²) in [7, 11) is 0. The maximum absolute atomic E-state index is 13.4. The Morgan fingerprint density at radius 1 is 0.379 bits per heavy atom. The van der Waals surface area contributed by atoms with Gasteiger partial charge in [0, 0.05) is 12.8 Å². The highest BCUT2D eigenvalue weighted by Crippen LogP contribution is 2.27. The molecule has 0 aliphatic heterocycles. The van der Waals surface area contributed by atoms with Crippen LogP contribution in [0.5, 0.6) is 0 Å². The molecule has 66 heavy (non-hydrogen) atoms. The number of esters is 3. The zero-order valence-electron chi connectivity index (χ0n) is 43.3. The predicted octanol–water partition coefficient (Wildman–Crippen LogP) is 16.3. The van der Waals surface area contributed by atoms with Crippen LogP contribution >= 0.6 is 0 Å². The van der Waals surface area contributed by atoms with Gasteiger partial charge in [0.15, 0.2) is 0 Å². The summed E-state index contributed by atoms with van der Waals surface area (Å²) >= 11 is 0. The van der Waals surface area contributed by atoms with E-state index in [1.54, 1.807) is 0 Å². The second-order valence-corrected chi connectivity index (χ2v) is 19.2. The molecular weight excluding hydrogens is 829 g/mol. The van der Waals surface area contributed by atoms with Crippen molar-refractivity contribution in [3.05, 3.63) is 36.5 Å². The van der Waals surface area contributed by atoms with Crippen LogP contribution < -0.4 is 0 Å². The first-order valence-corrected chi connectivity index (χ1v) is 27.8. The van der Waals surface area contributed by atoms with Crippen LogP contribution in [0.4, 0.5) is 0 Å². The molecule has 0 fully saturated rings. The summed E-state index contributed by atoms with van der Waals surface area (Å²) in [4.78, 5) is 39.6. The van der Waals surface area contributed by atoms with E-state index < -0.39 is 35.8 Å². The van der Waals surface area contributed by atoms with Crippen molar-refractivity contribution < 1.29 is 43.9 Å². The molecule has 0 rings (SSSR count). The van der Waals surface area contributed by atoms with Gasteiger partial charge in [-0.15, -0.1) is 0 Å². The summed E-state index contributed by atoms with van der Waals surface area (Å²) in [5.74, 6) is -10.2. The van der Waals surface area contributed by atoms with Gasteiger partial charge in [-0.3, -0.25) is 14.4 Å². The maximum atomic E-state index is 13.4. The van der Waals surface area contributed by atoms with Crippen molar-refractivity contribution in [3.63, 3.8) is 0 Å². The van der Waals surface area contributed by atoms with Gasteiger partial charge in [0.1, 0.15) is 5.92 Å². The Labute approximate surface area is 405 Å². The normalized spacial score (nSPS) is 12.8. The summed E-state index contributed by atoms with van der Waals surface area (Å²) in [5.41, 5.74) is 0. The molecule has 0 aromatic rings. The minimum atomic E-state index is -3.38. The van der Waals surface area contributed by atoms with Crippen molar-refractivity contribution >= 4 is 17.9 Å². The van der Waals surface area contributed by atoms with Gasteiger partial charge < -0.3 is 29.5 Å². The smallest absolute Gasteiger partial charge is 0.388 e. The van der Waals surface area contributed by atoms with Gasteiger partial charge in [-0.25, -0.2) is 0 Å². The molecule has 0 aromatic heterocycles. The lowest BCUT2D eigenvalue weighted by Gasteiger charge is -2.31. The zero-order chi connectivity index (χ0) is 48.7. The lowest BCUT2D eigenvalue weighted by molar-refractivity contribution is -0.354. The Bertz CT molecular complexity index is 1150. The van der Waals surface area contributed by atoms with Crippen LogP contribution in [-0.2, 0) is 28.6 Å². The van der Waals surface area contributed by atoms with E-state index in [4.69, 9.17) is 14.2 Å². The molecule has 0 aromatic carbocycles. The van der Waals surface area contributed by atoms with Crippen LogP contribution in [0.25, 0.3) is 0 Å². The molecule has 0 radical (unpaired) electrons. The molecule has 0 bridgehead atoms. The van der Waals surface area contributed by atoms with E-state index in [1.807, 2.05) is 0 Å². The molecule has 0 aliphatic rings. The lowest BCUT2D eigenvalue weighted by atomic mass is 9.98. The van der Waals surface area contributed by atoms with Gasteiger partial charge in [0.2, 0.25) is 0 Å². The minimum Gasteiger partial charge on any atom is -0.388 e. The third-order valence-electron chi connectivity index (χ3n) is 12.4. The molecule has 9 nitrogen and oxygen atoms in total. The lowest BCUT2D eigenvalue weighted by Crippen LogP contribution is -2.48. The fourth-order valence-corrected chi connectivity index (χ4v) is 8.22. The second kappa shape index (κ2) is 46.2. The third-order valence-corrected chi connectivity index (χ3v) is 12.4. The van der Waals surface area contributed by atoms with Gasteiger partial charge in [-0.1, -0.05) is 211 Å². The molecule has 0 saturated carbocycles. The van der Waals surface area contributed by atoms with E-state index >= 15 is 0 Å². The Morgan fingerprint density at radius 2 is 0.636 bits per heavy atom. The van der Waals surface area contributed by atoms with Crippen molar-refractivity contribution in [1.29, 1.82) is 0 Å². The number of hydrogen-bond donors (Lipinski definition) is 3. The fraction of sp³-hybridized carbons (Fsp3) is 0.842. The number of ether oxygens (including phenoxy) is 3. The quantitative estimate of drug-likeness (QED) is 0.0235. The van der Waals surface area contributed by atoms with E-state index in [9.17, 15) is 29.7 Å². The molecule has 0 amide bonds. The average molecular weight is 933 g/mol. The number of carbonyl (C=O) groups excluding carboxylic acids is 3. The van der Waals surface area contributed by atoms with Gasteiger partial charge in [0.05, 0.1) is 6.92 Å². The predicted molar refractivity (Wildman–Crippen MR) is 273 cm³/mol. The second-order valence-electron chi connectivity index (χ2n) is 19.2. The Kier molecular flexibility index (Phi) is 44.5. The Morgan fingerprint density at radius 3 is 0.924 bits per heavy atom. The van der Waals surface area contributed by atoms with Crippen molar-refractivity contribution in [2.24, 2.45) is 5.92 Å².